The van der Waals surface area contributed by atoms with Crippen LogP contribution in [0.25, 0.3) is 11.1 Å². The number of carbonyl (C=O) groups is 1. The van der Waals surface area contributed by atoms with Crippen LogP contribution in [0.4, 0.5) is 17.1 Å². The van der Waals surface area contributed by atoms with Crippen LogP contribution in [0.1, 0.15) is 27.3 Å². The van der Waals surface area contributed by atoms with Gasteiger partial charge < -0.3 is 24.7 Å². The van der Waals surface area contributed by atoms with E-state index in [1.807, 2.05) is 64.7 Å². The fourth-order valence-corrected chi connectivity index (χ4v) is 5.25. The van der Waals surface area contributed by atoms with Crippen LogP contribution in [-0.2, 0) is 26.0 Å². The summed E-state index contributed by atoms with van der Waals surface area (Å²) in [6.07, 6.45) is 4.69. The van der Waals surface area contributed by atoms with E-state index in [1.165, 1.54) is 11.3 Å². The fraction of sp³-hybridized carbons (Fsp3) is 0.161. The minimum Gasteiger partial charge on any atom is -0.493 e. The van der Waals surface area contributed by atoms with Crippen molar-refractivity contribution >= 4 is 34.3 Å². The maximum Gasteiger partial charge on any atom is 0.257 e. The van der Waals surface area contributed by atoms with Gasteiger partial charge in [-0.1, -0.05) is 18.2 Å². The molecule has 3 heterocycles. The van der Waals surface area contributed by atoms with Gasteiger partial charge in [-0.3, -0.25) is 4.79 Å². The SMILES string of the molecule is COc1cc(-c2ccc3c(c2)Nc2ccc(CCn4cnc(CC#N)c4)cc2NC3=O)ccc1OCc1cscn1. The molecule has 0 atom stereocenters. The molecule has 0 saturated carbocycles. The molecule has 2 N–H and O–H groups in total. The average Bonchev–Trinajstić information content (AvgIpc) is 3.66. The first kappa shape index (κ1) is 26.1. The Morgan fingerprint density at radius 2 is 1.83 bits per heavy atom. The maximum absolute atomic E-state index is 13.2. The number of nitrogens with zero attached hydrogens (tertiary/aromatic N) is 4. The first-order valence-electron chi connectivity index (χ1n) is 13.0. The lowest BCUT2D eigenvalue weighted by atomic mass is 10.0. The van der Waals surface area contributed by atoms with Crippen molar-refractivity contribution in [2.24, 2.45) is 0 Å². The van der Waals surface area contributed by atoms with Crippen LogP contribution in [0.5, 0.6) is 11.5 Å². The Hall–Kier alpha value is -5.14. The summed E-state index contributed by atoms with van der Waals surface area (Å²) in [7, 11) is 1.62. The highest BCUT2D eigenvalue weighted by atomic mass is 32.1. The molecule has 1 amide bonds. The number of hydrogen-bond acceptors (Lipinski definition) is 8. The Kier molecular flexibility index (Phi) is 7.34. The van der Waals surface area contributed by atoms with E-state index < -0.39 is 0 Å². The Morgan fingerprint density at radius 1 is 0.951 bits per heavy atom. The van der Waals surface area contributed by atoms with Crippen molar-refractivity contribution in [3.63, 3.8) is 0 Å². The molecule has 10 heteroatoms. The van der Waals surface area contributed by atoms with Crippen molar-refractivity contribution in [1.29, 1.82) is 5.26 Å². The molecule has 0 saturated heterocycles. The number of nitrogens with one attached hydrogen (secondary N) is 2. The van der Waals surface area contributed by atoms with Gasteiger partial charge in [-0.15, -0.1) is 11.3 Å². The van der Waals surface area contributed by atoms with E-state index in [1.54, 1.807) is 18.9 Å². The molecule has 6 rings (SSSR count). The van der Waals surface area contributed by atoms with E-state index in [0.717, 1.165) is 58.1 Å². The van der Waals surface area contributed by atoms with Gasteiger partial charge in [-0.05, 0) is 59.5 Å². The van der Waals surface area contributed by atoms with Gasteiger partial charge in [0.05, 0.1) is 65.5 Å². The highest BCUT2D eigenvalue weighted by molar-refractivity contribution is 7.07. The van der Waals surface area contributed by atoms with Gasteiger partial charge in [0.1, 0.15) is 6.61 Å². The Labute approximate surface area is 241 Å². The molecule has 0 fully saturated rings. The van der Waals surface area contributed by atoms with Crippen LogP contribution in [0, 0.1) is 11.3 Å². The number of benzene rings is 3. The van der Waals surface area contributed by atoms with Crippen LogP contribution < -0.4 is 20.1 Å². The number of hydrogen-bond donors (Lipinski definition) is 2. The number of rotatable bonds is 9. The van der Waals surface area contributed by atoms with E-state index in [4.69, 9.17) is 14.7 Å². The largest absolute Gasteiger partial charge is 0.493 e. The average molecular weight is 563 g/mol. The summed E-state index contributed by atoms with van der Waals surface area (Å²) in [5.41, 5.74) is 9.18. The first-order valence-corrected chi connectivity index (χ1v) is 13.9. The van der Waals surface area contributed by atoms with E-state index in [9.17, 15) is 4.79 Å². The van der Waals surface area contributed by atoms with Crippen LogP contribution >= 0.6 is 11.3 Å². The number of ether oxygens (including phenoxy) is 2. The second-order valence-corrected chi connectivity index (χ2v) is 10.3. The zero-order chi connectivity index (χ0) is 28.2. The number of thiazole rings is 1. The quantitative estimate of drug-likeness (QED) is 0.219. The third-order valence-electron chi connectivity index (χ3n) is 6.83. The predicted molar refractivity (Wildman–Crippen MR) is 158 cm³/mol. The minimum absolute atomic E-state index is 0.172. The van der Waals surface area contributed by atoms with Gasteiger partial charge in [0.15, 0.2) is 11.5 Å². The van der Waals surface area contributed by atoms with Crippen molar-refractivity contribution < 1.29 is 14.3 Å². The van der Waals surface area contributed by atoms with Crippen LogP contribution in [0.2, 0.25) is 0 Å². The molecule has 0 bridgehead atoms. The Morgan fingerprint density at radius 3 is 2.66 bits per heavy atom. The molecule has 0 radical (unpaired) electrons. The van der Waals surface area contributed by atoms with Crippen LogP contribution in [-0.4, -0.2) is 27.6 Å². The zero-order valence-corrected chi connectivity index (χ0v) is 23.1. The number of carbonyl (C=O) groups excluding carboxylic acids is 1. The van der Waals surface area contributed by atoms with E-state index in [2.05, 4.69) is 32.7 Å². The van der Waals surface area contributed by atoms with E-state index in [-0.39, 0.29) is 5.91 Å². The lowest BCUT2D eigenvalue weighted by Crippen LogP contribution is -2.11. The predicted octanol–water partition coefficient (Wildman–Crippen LogP) is 6.21. The lowest BCUT2D eigenvalue weighted by Gasteiger charge is -2.14. The molecule has 204 valence electrons. The highest BCUT2D eigenvalue weighted by Gasteiger charge is 2.20. The van der Waals surface area contributed by atoms with Gasteiger partial charge in [-0.2, -0.15) is 5.26 Å². The monoisotopic (exact) mass is 562 g/mol. The number of fused-ring (bicyclic) bond motifs is 2. The molecule has 2 aromatic heterocycles. The number of aryl methyl sites for hydroxylation is 2. The van der Waals surface area contributed by atoms with Crippen LogP contribution in [0.3, 0.4) is 0 Å². The molecule has 0 aliphatic carbocycles. The number of amides is 1. The summed E-state index contributed by atoms with van der Waals surface area (Å²) in [5, 5.41) is 17.3. The molecule has 1 aliphatic rings. The van der Waals surface area contributed by atoms with Crippen LogP contribution in [0.15, 0.2) is 78.0 Å². The number of methoxy groups -OCH3 is 1. The van der Waals surface area contributed by atoms with Crippen molar-refractivity contribution in [1.82, 2.24) is 14.5 Å². The van der Waals surface area contributed by atoms with Crippen molar-refractivity contribution in [3.8, 4) is 28.7 Å². The lowest BCUT2D eigenvalue weighted by molar-refractivity contribution is 0.102. The van der Waals surface area contributed by atoms with Gasteiger partial charge in [-0.25, -0.2) is 9.97 Å². The molecule has 41 heavy (non-hydrogen) atoms. The number of aromatic nitrogens is 3. The first-order chi connectivity index (χ1) is 20.1. The van der Waals surface area contributed by atoms with E-state index >= 15 is 0 Å². The maximum atomic E-state index is 13.2. The number of anilines is 3. The third kappa shape index (κ3) is 5.76. The van der Waals surface area contributed by atoms with Gasteiger partial charge in [0.2, 0.25) is 0 Å². The summed E-state index contributed by atoms with van der Waals surface area (Å²) in [5.74, 6) is 1.08. The second kappa shape index (κ2) is 11.5. The molecular weight excluding hydrogens is 536 g/mol. The summed E-state index contributed by atoms with van der Waals surface area (Å²) < 4.78 is 13.5. The number of imidazole rings is 1. The molecule has 0 unspecified atom stereocenters. The van der Waals surface area contributed by atoms with Crippen molar-refractivity contribution in [2.75, 3.05) is 17.7 Å². The molecule has 5 aromatic rings. The van der Waals surface area contributed by atoms with Gasteiger partial charge in [0, 0.05) is 18.1 Å². The van der Waals surface area contributed by atoms with Crippen molar-refractivity contribution in [2.45, 2.75) is 26.0 Å². The summed E-state index contributed by atoms with van der Waals surface area (Å²) in [6, 6.07) is 19.7. The molecule has 3 aromatic carbocycles. The normalized spacial score (nSPS) is 11.9. The Balaban J connectivity index is 1.20. The Bertz CT molecular complexity index is 1760. The highest BCUT2D eigenvalue weighted by Crippen LogP contribution is 2.37. The fourth-order valence-electron chi connectivity index (χ4n) is 4.71. The van der Waals surface area contributed by atoms with Crippen molar-refractivity contribution in [3.05, 3.63) is 101 Å². The third-order valence-corrected chi connectivity index (χ3v) is 7.46. The van der Waals surface area contributed by atoms with Gasteiger partial charge >= 0.3 is 0 Å². The summed E-state index contributed by atoms with van der Waals surface area (Å²) >= 11 is 1.53. The smallest absolute Gasteiger partial charge is 0.257 e. The summed E-state index contributed by atoms with van der Waals surface area (Å²) in [6.45, 7) is 1.09. The molecule has 1 aliphatic heterocycles. The van der Waals surface area contributed by atoms with E-state index in [0.29, 0.717) is 30.1 Å². The summed E-state index contributed by atoms with van der Waals surface area (Å²) in [4.78, 5) is 21.7. The molecular formula is C31H26N6O3S. The second-order valence-electron chi connectivity index (χ2n) is 9.54. The molecule has 0 spiro atoms. The number of nitriles is 1. The topological polar surface area (TPSA) is 114 Å². The molecule has 9 nitrogen and oxygen atoms in total. The standard InChI is InChI=1S/C31H26N6O3S/c1-39-30-14-22(4-7-29(30)40-16-24-17-41-19-34-24)21-3-5-25-27(13-21)35-26-6-2-20(12-28(26)36-31(25)38)9-11-37-15-23(8-10-32)33-18-37/h2-7,12-15,17-19,35H,8-9,11,16H2,1H3,(H,36,38). The van der Waals surface area contributed by atoms with Gasteiger partial charge in [0.25, 0.3) is 5.91 Å². The zero-order valence-electron chi connectivity index (χ0n) is 22.3. The minimum atomic E-state index is -0.172.